The maximum atomic E-state index is 12.9. The molecule has 1 aromatic carbocycles. The summed E-state index contributed by atoms with van der Waals surface area (Å²) in [5.74, 6) is -0.500. The van der Waals surface area contributed by atoms with Crippen LogP contribution in [0.5, 0.6) is 0 Å². The summed E-state index contributed by atoms with van der Waals surface area (Å²) in [6, 6.07) is 5.15. The molecule has 0 radical (unpaired) electrons. The maximum Gasteiger partial charge on any atom is 0.416 e. The lowest BCUT2D eigenvalue weighted by atomic mass is 9.95. The van der Waals surface area contributed by atoms with Gasteiger partial charge in [0.2, 0.25) is 11.8 Å². The number of halogens is 3. The molecule has 28 heavy (non-hydrogen) atoms. The Kier molecular flexibility index (Phi) is 6.27. The predicted molar refractivity (Wildman–Crippen MR) is 98.2 cm³/mol. The van der Waals surface area contributed by atoms with Crippen molar-refractivity contribution in [3.63, 3.8) is 0 Å². The number of carbonyl (C=O) groups excluding carboxylic acids is 2. The van der Waals surface area contributed by atoms with Crippen molar-refractivity contribution < 1.29 is 22.8 Å². The minimum atomic E-state index is -4.42. The molecule has 0 aliphatic carbocycles. The summed E-state index contributed by atoms with van der Waals surface area (Å²) in [5, 5.41) is 3.09. The highest BCUT2D eigenvalue weighted by molar-refractivity contribution is 5.84. The normalized spacial score (nSPS) is 22.4. The fourth-order valence-electron chi connectivity index (χ4n) is 3.82. The summed E-state index contributed by atoms with van der Waals surface area (Å²) >= 11 is 0. The maximum absolute atomic E-state index is 12.9. The molecule has 0 aromatic heterocycles. The Morgan fingerprint density at radius 3 is 2.61 bits per heavy atom. The van der Waals surface area contributed by atoms with Crippen LogP contribution in [0.25, 0.3) is 0 Å². The van der Waals surface area contributed by atoms with Crippen LogP contribution >= 0.6 is 0 Å². The number of nitrogens with zero attached hydrogens (tertiary/aromatic N) is 2. The number of likely N-dealkylation sites (tertiary alicyclic amines) is 2. The van der Waals surface area contributed by atoms with Gasteiger partial charge in [0.05, 0.1) is 11.5 Å². The Labute approximate surface area is 162 Å². The van der Waals surface area contributed by atoms with Gasteiger partial charge in [0.15, 0.2) is 0 Å². The van der Waals surface area contributed by atoms with Crippen molar-refractivity contribution in [3.05, 3.63) is 35.4 Å². The monoisotopic (exact) mass is 397 g/mol. The highest BCUT2D eigenvalue weighted by Gasteiger charge is 2.33. The molecule has 154 valence electrons. The summed E-state index contributed by atoms with van der Waals surface area (Å²) in [6.45, 7) is 2.21. The van der Waals surface area contributed by atoms with Crippen LogP contribution in [0.2, 0.25) is 0 Å². The Hall–Kier alpha value is -2.09. The fourth-order valence-corrected chi connectivity index (χ4v) is 3.82. The topological polar surface area (TPSA) is 52.7 Å². The standard InChI is InChI=1S/C20H26F3N3O2/c1-25-9-7-17(8-10-25)24-19(28)15-5-6-18(27)26(13-15)12-14-3-2-4-16(11-14)20(21,22)23/h2-4,11,15,17H,5-10,12-13H2,1H3,(H,24,28). The second-order valence-corrected chi connectivity index (χ2v) is 7.79. The first-order valence-electron chi connectivity index (χ1n) is 9.65. The van der Waals surface area contributed by atoms with E-state index in [-0.39, 0.29) is 43.3 Å². The van der Waals surface area contributed by atoms with Gasteiger partial charge in [0.1, 0.15) is 0 Å². The Balaban J connectivity index is 1.60. The van der Waals surface area contributed by atoms with Gasteiger partial charge >= 0.3 is 6.18 Å². The number of alkyl halides is 3. The van der Waals surface area contributed by atoms with E-state index in [2.05, 4.69) is 17.3 Å². The van der Waals surface area contributed by atoms with Crippen LogP contribution in [0.4, 0.5) is 13.2 Å². The van der Waals surface area contributed by atoms with Crippen LogP contribution in [-0.4, -0.2) is 54.3 Å². The number of rotatable bonds is 4. The molecule has 5 nitrogen and oxygen atoms in total. The zero-order valence-corrected chi connectivity index (χ0v) is 16.0. The molecule has 2 fully saturated rings. The Bertz CT molecular complexity index is 715. The van der Waals surface area contributed by atoms with Crippen molar-refractivity contribution in [1.29, 1.82) is 0 Å². The average Bonchev–Trinajstić information content (AvgIpc) is 2.65. The first-order chi connectivity index (χ1) is 13.2. The fraction of sp³-hybridized carbons (Fsp3) is 0.600. The van der Waals surface area contributed by atoms with E-state index < -0.39 is 11.7 Å². The van der Waals surface area contributed by atoms with Crippen molar-refractivity contribution >= 4 is 11.8 Å². The van der Waals surface area contributed by atoms with Gasteiger partial charge in [-0.25, -0.2) is 0 Å². The zero-order valence-electron chi connectivity index (χ0n) is 16.0. The molecule has 1 aromatic rings. The van der Waals surface area contributed by atoms with Gasteiger partial charge in [-0.2, -0.15) is 13.2 Å². The lowest BCUT2D eigenvalue weighted by Gasteiger charge is -2.34. The molecular weight excluding hydrogens is 371 g/mol. The number of benzene rings is 1. The quantitative estimate of drug-likeness (QED) is 0.850. The number of piperidine rings is 2. The van der Waals surface area contributed by atoms with Crippen molar-refractivity contribution in [2.24, 2.45) is 5.92 Å². The van der Waals surface area contributed by atoms with Gasteiger partial charge in [-0.1, -0.05) is 12.1 Å². The van der Waals surface area contributed by atoms with Crippen LogP contribution in [0.15, 0.2) is 24.3 Å². The summed E-state index contributed by atoms with van der Waals surface area (Å²) < 4.78 is 38.7. The van der Waals surface area contributed by atoms with Crippen LogP contribution in [-0.2, 0) is 22.3 Å². The minimum Gasteiger partial charge on any atom is -0.353 e. The van der Waals surface area contributed by atoms with E-state index in [9.17, 15) is 22.8 Å². The molecule has 1 N–H and O–H groups in total. The second kappa shape index (κ2) is 8.51. The molecule has 2 aliphatic heterocycles. The lowest BCUT2D eigenvalue weighted by molar-refractivity contribution is -0.139. The minimum absolute atomic E-state index is 0.0592. The highest BCUT2D eigenvalue weighted by Crippen LogP contribution is 2.30. The van der Waals surface area contributed by atoms with Crippen LogP contribution in [0, 0.1) is 5.92 Å². The number of carbonyl (C=O) groups is 2. The zero-order chi connectivity index (χ0) is 20.3. The number of amides is 2. The molecule has 0 saturated carbocycles. The molecule has 2 saturated heterocycles. The van der Waals surface area contributed by atoms with E-state index in [1.807, 2.05) is 0 Å². The first kappa shape index (κ1) is 20.6. The molecule has 3 rings (SSSR count). The van der Waals surface area contributed by atoms with Crippen molar-refractivity contribution in [2.75, 3.05) is 26.7 Å². The van der Waals surface area contributed by atoms with Gasteiger partial charge in [-0.3, -0.25) is 9.59 Å². The number of nitrogens with one attached hydrogen (secondary N) is 1. The van der Waals surface area contributed by atoms with Crippen LogP contribution in [0.1, 0.15) is 36.8 Å². The lowest BCUT2D eigenvalue weighted by Crippen LogP contribution is -2.49. The molecule has 0 bridgehead atoms. The molecule has 8 heteroatoms. The third kappa shape index (κ3) is 5.25. The summed E-state index contributed by atoms with van der Waals surface area (Å²) in [6.07, 6.45) is -1.89. The molecule has 1 atom stereocenters. The van der Waals surface area contributed by atoms with Gasteiger partial charge in [0, 0.05) is 25.6 Å². The largest absolute Gasteiger partial charge is 0.416 e. The van der Waals surface area contributed by atoms with Crippen LogP contribution < -0.4 is 5.32 Å². The molecule has 1 unspecified atom stereocenters. The molecule has 2 heterocycles. The van der Waals surface area contributed by atoms with Gasteiger partial charge in [-0.15, -0.1) is 0 Å². The second-order valence-electron chi connectivity index (χ2n) is 7.79. The smallest absolute Gasteiger partial charge is 0.353 e. The predicted octanol–water partition coefficient (Wildman–Crippen LogP) is 2.65. The first-order valence-corrected chi connectivity index (χ1v) is 9.65. The van der Waals surface area contributed by atoms with E-state index >= 15 is 0 Å². The third-order valence-electron chi connectivity index (χ3n) is 5.56. The third-order valence-corrected chi connectivity index (χ3v) is 5.56. The number of hydrogen-bond donors (Lipinski definition) is 1. The number of hydrogen-bond acceptors (Lipinski definition) is 3. The Morgan fingerprint density at radius 1 is 1.21 bits per heavy atom. The molecule has 2 aliphatic rings. The summed E-state index contributed by atoms with van der Waals surface area (Å²) in [7, 11) is 2.05. The van der Waals surface area contributed by atoms with E-state index in [0.29, 0.717) is 12.0 Å². The van der Waals surface area contributed by atoms with E-state index in [0.717, 1.165) is 38.1 Å². The summed E-state index contributed by atoms with van der Waals surface area (Å²) in [4.78, 5) is 28.6. The summed E-state index contributed by atoms with van der Waals surface area (Å²) in [5.41, 5.74) is -0.314. The van der Waals surface area contributed by atoms with Crippen molar-refractivity contribution in [1.82, 2.24) is 15.1 Å². The molecule has 0 spiro atoms. The SMILES string of the molecule is CN1CCC(NC(=O)C2CCC(=O)N(Cc3cccc(C(F)(F)F)c3)C2)CC1. The molecular formula is C20H26F3N3O2. The average molecular weight is 397 g/mol. The van der Waals surface area contributed by atoms with Crippen molar-refractivity contribution in [3.8, 4) is 0 Å². The van der Waals surface area contributed by atoms with Crippen molar-refractivity contribution in [2.45, 2.75) is 44.4 Å². The Morgan fingerprint density at radius 2 is 1.93 bits per heavy atom. The van der Waals surface area contributed by atoms with E-state index in [4.69, 9.17) is 0 Å². The van der Waals surface area contributed by atoms with Gasteiger partial charge in [-0.05, 0) is 57.1 Å². The van der Waals surface area contributed by atoms with Gasteiger partial charge in [0.25, 0.3) is 0 Å². The highest BCUT2D eigenvalue weighted by atomic mass is 19.4. The van der Waals surface area contributed by atoms with E-state index in [1.165, 1.54) is 11.0 Å². The van der Waals surface area contributed by atoms with Gasteiger partial charge < -0.3 is 15.1 Å². The van der Waals surface area contributed by atoms with Crippen LogP contribution in [0.3, 0.4) is 0 Å². The van der Waals surface area contributed by atoms with E-state index in [1.54, 1.807) is 6.07 Å². The molecule has 2 amide bonds.